The molecule has 3 aliphatic heterocycles. The molecule has 6 atom stereocenters. The van der Waals surface area contributed by atoms with Crippen LogP contribution < -0.4 is 31.3 Å². The lowest BCUT2D eigenvalue weighted by atomic mass is 9.98. The third-order valence-electron chi connectivity index (χ3n) is 11.2. The average molecular weight is 894 g/mol. The van der Waals surface area contributed by atoms with Gasteiger partial charge in [-0.15, -0.1) is 11.8 Å². The Morgan fingerprint density at radius 1 is 0.646 bits per heavy atom. The molecule has 5 aromatic carbocycles. The van der Waals surface area contributed by atoms with Gasteiger partial charge in [-0.25, -0.2) is 4.79 Å². The van der Waals surface area contributed by atoms with Gasteiger partial charge >= 0.3 is 5.97 Å². The van der Waals surface area contributed by atoms with Crippen molar-refractivity contribution in [3.05, 3.63) is 173 Å². The molecular formula is C51H51N5O8S. The molecule has 334 valence electrons. The van der Waals surface area contributed by atoms with Crippen LogP contribution in [-0.4, -0.2) is 82.7 Å². The van der Waals surface area contributed by atoms with Crippen LogP contribution in [0.1, 0.15) is 35.1 Å². The van der Waals surface area contributed by atoms with Gasteiger partial charge in [0.05, 0.1) is 0 Å². The van der Waals surface area contributed by atoms with E-state index in [0.29, 0.717) is 28.9 Å². The zero-order chi connectivity index (χ0) is 45.5. The first-order chi connectivity index (χ1) is 31.6. The number of thioether (sulfide) groups is 1. The highest BCUT2D eigenvalue weighted by atomic mass is 32.2. The minimum atomic E-state index is -1.32. The van der Waals surface area contributed by atoms with Crippen LogP contribution in [0.4, 0.5) is 0 Å². The minimum absolute atomic E-state index is 0.00574. The molecule has 3 aliphatic rings. The molecule has 1 unspecified atom stereocenters. The van der Waals surface area contributed by atoms with Crippen LogP contribution in [0.2, 0.25) is 0 Å². The smallest absolute Gasteiger partial charge is 0.326 e. The molecule has 5 amide bonds. The summed E-state index contributed by atoms with van der Waals surface area (Å²) in [6.07, 6.45) is 2.96. The predicted octanol–water partition coefficient (Wildman–Crippen LogP) is 4.93. The highest BCUT2D eigenvalue weighted by molar-refractivity contribution is 8.03. The third kappa shape index (κ3) is 13.4. The number of carbonyl (C=O) groups is 6. The number of rotatable bonds is 12. The Morgan fingerprint density at radius 3 is 1.80 bits per heavy atom. The van der Waals surface area contributed by atoms with E-state index in [1.54, 1.807) is 90.6 Å². The first-order valence-corrected chi connectivity index (χ1v) is 22.5. The monoisotopic (exact) mass is 893 g/mol. The topological polar surface area (TPSA) is 192 Å². The number of hydrogen-bond donors (Lipinski definition) is 6. The number of fused-ring (bicyclic) bond motifs is 16. The van der Waals surface area contributed by atoms with Crippen molar-refractivity contribution in [2.75, 3.05) is 6.61 Å². The van der Waals surface area contributed by atoms with Crippen LogP contribution in [-0.2, 0) is 54.5 Å². The number of nitrogens with one attached hydrogen (secondary N) is 5. The quantitative estimate of drug-likeness (QED) is 0.0943. The third-order valence-corrected chi connectivity index (χ3v) is 12.3. The van der Waals surface area contributed by atoms with Crippen molar-refractivity contribution in [3.63, 3.8) is 0 Å². The second-order valence-corrected chi connectivity index (χ2v) is 17.3. The van der Waals surface area contributed by atoms with Crippen LogP contribution in [0.15, 0.2) is 151 Å². The zero-order valence-electron chi connectivity index (χ0n) is 35.6. The van der Waals surface area contributed by atoms with Crippen molar-refractivity contribution in [2.45, 2.75) is 74.0 Å². The van der Waals surface area contributed by atoms with E-state index >= 15 is 0 Å². The van der Waals surface area contributed by atoms with Crippen molar-refractivity contribution in [2.24, 2.45) is 0 Å². The summed E-state index contributed by atoms with van der Waals surface area (Å²) in [4.78, 5) is 83.6. The predicted molar refractivity (Wildman–Crippen MR) is 249 cm³/mol. The lowest BCUT2D eigenvalue weighted by molar-refractivity contribution is -0.142. The van der Waals surface area contributed by atoms with Gasteiger partial charge in [0, 0.05) is 30.9 Å². The zero-order valence-corrected chi connectivity index (χ0v) is 36.4. The van der Waals surface area contributed by atoms with Gasteiger partial charge in [-0.3, -0.25) is 24.0 Å². The van der Waals surface area contributed by atoms with Gasteiger partial charge in [0.25, 0.3) is 5.91 Å². The van der Waals surface area contributed by atoms with Crippen molar-refractivity contribution >= 4 is 47.3 Å². The molecule has 0 saturated carbocycles. The van der Waals surface area contributed by atoms with E-state index in [2.05, 4.69) is 26.6 Å². The minimum Gasteiger partial charge on any atom is -0.484 e. The van der Waals surface area contributed by atoms with E-state index in [0.717, 1.165) is 16.7 Å². The van der Waals surface area contributed by atoms with Crippen molar-refractivity contribution < 1.29 is 38.6 Å². The normalized spacial score (nSPS) is 21.0. The molecule has 0 spiro atoms. The summed E-state index contributed by atoms with van der Waals surface area (Å²) in [6, 6.07) is 35.8. The number of benzene rings is 5. The summed E-state index contributed by atoms with van der Waals surface area (Å²) in [7, 11) is 0. The number of carboxylic acids is 1. The molecule has 2 bridgehead atoms. The molecule has 13 nitrogen and oxygen atoms in total. The van der Waals surface area contributed by atoms with Gasteiger partial charge in [-0.1, -0.05) is 133 Å². The summed E-state index contributed by atoms with van der Waals surface area (Å²) in [6.45, 7) is -0.406. The Labute approximate surface area is 381 Å². The van der Waals surface area contributed by atoms with Crippen LogP contribution >= 0.6 is 11.8 Å². The van der Waals surface area contributed by atoms with Gasteiger partial charge < -0.3 is 36.4 Å². The number of allylic oxidation sites excluding steroid dienone is 1. The molecule has 0 aliphatic carbocycles. The first kappa shape index (κ1) is 45.8. The van der Waals surface area contributed by atoms with Crippen molar-refractivity contribution in [1.82, 2.24) is 26.6 Å². The summed E-state index contributed by atoms with van der Waals surface area (Å²) in [5.74, 6) is -4.17. The number of hydrogen-bond acceptors (Lipinski definition) is 8. The molecular weight excluding hydrogens is 843 g/mol. The average Bonchev–Trinajstić information content (AvgIpc) is 3.84. The van der Waals surface area contributed by atoms with Crippen LogP contribution in [0, 0.1) is 0 Å². The molecule has 0 fully saturated rings. The van der Waals surface area contributed by atoms with E-state index in [1.807, 2.05) is 72.1 Å². The van der Waals surface area contributed by atoms with Crippen molar-refractivity contribution in [3.8, 4) is 16.9 Å². The number of ether oxygens (including phenoxy) is 1. The van der Waals surface area contributed by atoms with Crippen LogP contribution in [0.3, 0.4) is 0 Å². The van der Waals surface area contributed by atoms with Gasteiger partial charge in [-0.05, 0) is 63.8 Å². The number of carbonyl (C=O) groups excluding carboxylic acids is 5. The highest BCUT2D eigenvalue weighted by Gasteiger charge is 2.34. The summed E-state index contributed by atoms with van der Waals surface area (Å²) in [5, 5.41) is 26.2. The van der Waals surface area contributed by atoms with E-state index in [1.165, 1.54) is 0 Å². The van der Waals surface area contributed by atoms with Crippen molar-refractivity contribution in [1.29, 1.82) is 0 Å². The number of carboxylic acid groups (broad SMARTS) is 1. The summed E-state index contributed by atoms with van der Waals surface area (Å²) >= 11 is 1.56. The molecule has 0 radical (unpaired) electrons. The maximum absolute atomic E-state index is 14.7. The molecule has 0 aromatic heterocycles. The largest absolute Gasteiger partial charge is 0.484 e. The Bertz CT molecular complexity index is 2450. The van der Waals surface area contributed by atoms with Gasteiger partial charge in [0.15, 0.2) is 6.61 Å². The van der Waals surface area contributed by atoms with E-state index < -0.39 is 72.3 Å². The Kier molecular flexibility index (Phi) is 15.8. The summed E-state index contributed by atoms with van der Waals surface area (Å²) < 4.78 is 5.81. The Morgan fingerprint density at radius 2 is 1.20 bits per heavy atom. The highest BCUT2D eigenvalue weighted by Crippen LogP contribution is 2.28. The molecule has 14 heteroatoms. The molecule has 6 N–H and O–H groups in total. The fraction of sp³-hybridized carbons (Fsp3) is 0.255. The van der Waals surface area contributed by atoms with Crippen LogP contribution in [0.25, 0.3) is 11.1 Å². The SMILES string of the molecule is O=C1COc2ccc(cc2)C[C@@H](C(=O)N[C@H](Cc2ccccc2)C(=O)O)NC(=O)[C@H](Cc2ccccc2)NC(=O)[C@H](Cc2ccc(-c3ccccc3)cc2)NC(=O)[C@H](CC2CC=CS2)N1. The molecule has 3 heterocycles. The standard InChI is InChI=1S/C51H51N5O8S/c57-46-32-64-39-24-20-36(21-25-39)29-43(49(60)56-45(51(62)63)30-34-13-6-2-7-14-34)54-47(58)41(27-33-11-4-1-5-12-33)53-48(59)42(55-50(61)44(52-46)31-40-17-10-26-65-40)28-35-18-22-38(23-19-35)37-15-8-3-9-16-37/h1-16,18-26,40-45H,17,27-32H2,(H,52,57)(H,53,59)(H,54,58)(H,55,61)(H,56,60)(H,62,63)/t40?,41-,42-,43-,44-,45+/m0/s1. The molecule has 65 heavy (non-hydrogen) atoms. The summed E-state index contributed by atoms with van der Waals surface area (Å²) in [5.41, 5.74) is 4.68. The Balaban J connectivity index is 1.21. The van der Waals surface area contributed by atoms with Gasteiger partial charge in [-0.2, -0.15) is 0 Å². The second kappa shape index (κ2) is 22.4. The number of aliphatic carboxylic acids is 1. The maximum Gasteiger partial charge on any atom is 0.326 e. The van der Waals surface area contributed by atoms with Crippen LogP contribution in [0.5, 0.6) is 5.75 Å². The van der Waals surface area contributed by atoms with E-state index in [9.17, 15) is 33.9 Å². The first-order valence-electron chi connectivity index (χ1n) is 21.5. The molecule has 8 rings (SSSR count). The number of amides is 5. The lowest BCUT2D eigenvalue weighted by Gasteiger charge is -2.27. The van der Waals surface area contributed by atoms with Gasteiger partial charge in [0.1, 0.15) is 36.0 Å². The lowest BCUT2D eigenvalue weighted by Crippen LogP contribution is -2.60. The fourth-order valence-electron chi connectivity index (χ4n) is 7.73. The van der Waals surface area contributed by atoms with E-state index in [4.69, 9.17) is 4.74 Å². The fourth-order valence-corrected chi connectivity index (χ4v) is 8.70. The van der Waals surface area contributed by atoms with Gasteiger partial charge in [0.2, 0.25) is 23.6 Å². The second-order valence-electron chi connectivity index (χ2n) is 16.1. The maximum atomic E-state index is 14.7. The van der Waals surface area contributed by atoms with E-state index in [-0.39, 0.29) is 37.4 Å². The molecule has 0 saturated heterocycles. The Hall–Kier alpha value is -7.19. The molecule has 5 aromatic rings.